The minimum absolute atomic E-state index is 0. The SMILES string of the molecule is Cl.NC1(c2noc(C3CCSCC3)n2)CCC1. The quantitative estimate of drug-likeness (QED) is 0.898. The molecule has 6 heteroatoms. The summed E-state index contributed by atoms with van der Waals surface area (Å²) in [6.07, 6.45) is 5.48. The van der Waals surface area contributed by atoms with Gasteiger partial charge in [-0.15, -0.1) is 12.4 Å². The van der Waals surface area contributed by atoms with Crippen molar-refractivity contribution in [1.29, 1.82) is 0 Å². The number of thioether (sulfide) groups is 1. The minimum atomic E-state index is -0.287. The molecule has 1 aliphatic heterocycles. The van der Waals surface area contributed by atoms with Crippen molar-refractivity contribution in [2.24, 2.45) is 5.73 Å². The predicted octanol–water partition coefficient (Wildman–Crippen LogP) is 2.44. The average molecular weight is 276 g/mol. The van der Waals surface area contributed by atoms with Crippen molar-refractivity contribution in [2.75, 3.05) is 11.5 Å². The average Bonchev–Trinajstić information content (AvgIpc) is 2.77. The second-order valence-electron chi connectivity index (χ2n) is 4.85. The second-order valence-corrected chi connectivity index (χ2v) is 6.08. The molecule has 0 spiro atoms. The highest BCUT2D eigenvalue weighted by Crippen LogP contribution is 2.38. The number of aromatic nitrogens is 2. The number of nitrogens with two attached hydrogens (primary N) is 1. The Morgan fingerprint density at radius 3 is 2.59 bits per heavy atom. The molecule has 4 nitrogen and oxygen atoms in total. The molecule has 2 fully saturated rings. The minimum Gasteiger partial charge on any atom is -0.339 e. The monoisotopic (exact) mass is 275 g/mol. The maximum atomic E-state index is 6.18. The van der Waals surface area contributed by atoms with Crippen LogP contribution in [0.1, 0.15) is 49.7 Å². The summed E-state index contributed by atoms with van der Waals surface area (Å²) in [4.78, 5) is 4.52. The molecule has 0 aromatic carbocycles. The Morgan fingerprint density at radius 1 is 1.29 bits per heavy atom. The topological polar surface area (TPSA) is 64.9 Å². The van der Waals surface area contributed by atoms with E-state index in [1.165, 1.54) is 17.9 Å². The first-order valence-electron chi connectivity index (χ1n) is 5.99. The van der Waals surface area contributed by atoms with Crippen molar-refractivity contribution >= 4 is 24.2 Å². The van der Waals surface area contributed by atoms with Crippen LogP contribution in [0.4, 0.5) is 0 Å². The number of nitrogens with zero attached hydrogens (tertiary/aromatic N) is 2. The summed E-state index contributed by atoms with van der Waals surface area (Å²) in [6, 6.07) is 0. The third-order valence-corrected chi connectivity index (χ3v) is 4.75. The van der Waals surface area contributed by atoms with Gasteiger partial charge in [0.1, 0.15) is 0 Å². The molecular weight excluding hydrogens is 258 g/mol. The molecule has 0 bridgehead atoms. The van der Waals surface area contributed by atoms with Gasteiger partial charge in [-0.25, -0.2) is 0 Å². The van der Waals surface area contributed by atoms with E-state index in [1.54, 1.807) is 0 Å². The second kappa shape index (κ2) is 5.16. The van der Waals surface area contributed by atoms with Crippen LogP contribution in [-0.4, -0.2) is 21.6 Å². The Balaban J connectivity index is 0.00000108. The largest absolute Gasteiger partial charge is 0.339 e. The fraction of sp³-hybridized carbons (Fsp3) is 0.818. The Labute approximate surface area is 112 Å². The van der Waals surface area contributed by atoms with Crippen molar-refractivity contribution in [3.05, 3.63) is 11.7 Å². The van der Waals surface area contributed by atoms with Gasteiger partial charge in [-0.2, -0.15) is 16.7 Å². The molecule has 0 amide bonds. The predicted molar refractivity (Wildman–Crippen MR) is 70.6 cm³/mol. The highest BCUT2D eigenvalue weighted by molar-refractivity contribution is 7.99. The molecule has 17 heavy (non-hydrogen) atoms. The van der Waals surface area contributed by atoms with Crippen LogP contribution in [0.25, 0.3) is 0 Å². The van der Waals surface area contributed by atoms with E-state index in [1.807, 2.05) is 11.8 Å². The number of hydrogen-bond donors (Lipinski definition) is 1. The number of halogens is 1. The van der Waals surface area contributed by atoms with E-state index >= 15 is 0 Å². The lowest BCUT2D eigenvalue weighted by atomic mass is 9.77. The first-order chi connectivity index (χ1) is 7.78. The summed E-state index contributed by atoms with van der Waals surface area (Å²) in [5.41, 5.74) is 5.89. The van der Waals surface area contributed by atoms with Crippen molar-refractivity contribution in [3.8, 4) is 0 Å². The third-order valence-electron chi connectivity index (χ3n) is 3.70. The normalized spacial score (nSPS) is 23.8. The van der Waals surface area contributed by atoms with Crippen LogP contribution in [0.5, 0.6) is 0 Å². The molecule has 1 aliphatic carbocycles. The van der Waals surface area contributed by atoms with E-state index in [9.17, 15) is 0 Å². The van der Waals surface area contributed by atoms with E-state index in [4.69, 9.17) is 10.3 Å². The Kier molecular flexibility index (Phi) is 4.00. The van der Waals surface area contributed by atoms with Crippen LogP contribution in [0, 0.1) is 0 Å². The van der Waals surface area contributed by atoms with E-state index < -0.39 is 0 Å². The molecule has 0 atom stereocenters. The molecular formula is C11H18ClN3OS. The summed E-state index contributed by atoms with van der Waals surface area (Å²) in [5.74, 6) is 4.41. The first-order valence-corrected chi connectivity index (χ1v) is 7.14. The van der Waals surface area contributed by atoms with Gasteiger partial charge in [-0.05, 0) is 43.6 Å². The van der Waals surface area contributed by atoms with Gasteiger partial charge in [0.15, 0.2) is 5.82 Å². The van der Waals surface area contributed by atoms with Crippen LogP contribution < -0.4 is 5.73 Å². The van der Waals surface area contributed by atoms with Crippen LogP contribution >= 0.6 is 24.2 Å². The van der Waals surface area contributed by atoms with Gasteiger partial charge >= 0.3 is 0 Å². The third kappa shape index (κ3) is 2.46. The summed E-state index contributed by atoms with van der Waals surface area (Å²) < 4.78 is 5.38. The molecule has 0 unspecified atom stereocenters. The van der Waals surface area contributed by atoms with E-state index in [-0.39, 0.29) is 17.9 Å². The Hall–Kier alpha value is -0.260. The molecule has 2 aliphatic rings. The smallest absolute Gasteiger partial charge is 0.229 e. The van der Waals surface area contributed by atoms with Crippen molar-refractivity contribution in [2.45, 2.75) is 43.6 Å². The molecule has 3 rings (SSSR count). The van der Waals surface area contributed by atoms with E-state index in [0.29, 0.717) is 5.92 Å². The zero-order valence-electron chi connectivity index (χ0n) is 9.72. The zero-order chi connectivity index (χ0) is 11.0. The maximum absolute atomic E-state index is 6.18. The molecule has 1 aromatic heterocycles. The standard InChI is InChI=1S/C11H17N3OS.ClH/c12-11(4-1-5-11)10-13-9(15-14-10)8-2-6-16-7-3-8;/h8H,1-7,12H2;1H. The summed E-state index contributed by atoms with van der Waals surface area (Å²) >= 11 is 2.01. The summed E-state index contributed by atoms with van der Waals surface area (Å²) in [5, 5.41) is 4.07. The fourth-order valence-corrected chi connectivity index (χ4v) is 3.44. The Bertz CT molecular complexity index is 375. The highest BCUT2D eigenvalue weighted by Gasteiger charge is 2.39. The van der Waals surface area contributed by atoms with E-state index in [0.717, 1.165) is 37.4 Å². The van der Waals surface area contributed by atoms with Gasteiger partial charge in [-0.1, -0.05) is 5.16 Å². The van der Waals surface area contributed by atoms with Crippen LogP contribution in [0.15, 0.2) is 4.52 Å². The fourth-order valence-electron chi connectivity index (χ4n) is 2.33. The summed E-state index contributed by atoms with van der Waals surface area (Å²) in [6.45, 7) is 0. The maximum Gasteiger partial charge on any atom is 0.229 e. The zero-order valence-corrected chi connectivity index (χ0v) is 11.4. The van der Waals surface area contributed by atoms with Gasteiger partial charge in [0.2, 0.25) is 5.89 Å². The molecule has 1 aromatic rings. The molecule has 96 valence electrons. The van der Waals surface area contributed by atoms with Crippen molar-refractivity contribution in [1.82, 2.24) is 10.1 Å². The molecule has 2 heterocycles. The first kappa shape index (κ1) is 13.2. The van der Waals surface area contributed by atoms with Crippen molar-refractivity contribution in [3.63, 3.8) is 0 Å². The van der Waals surface area contributed by atoms with Gasteiger partial charge in [0.25, 0.3) is 0 Å². The van der Waals surface area contributed by atoms with Crippen molar-refractivity contribution < 1.29 is 4.52 Å². The lowest BCUT2D eigenvalue weighted by Crippen LogP contribution is -2.44. The molecule has 0 radical (unpaired) electrons. The number of rotatable bonds is 2. The molecule has 1 saturated carbocycles. The van der Waals surface area contributed by atoms with Gasteiger partial charge in [-0.3, -0.25) is 0 Å². The highest BCUT2D eigenvalue weighted by atomic mass is 35.5. The van der Waals surface area contributed by atoms with Crippen LogP contribution in [0.3, 0.4) is 0 Å². The molecule has 1 saturated heterocycles. The van der Waals surface area contributed by atoms with Gasteiger partial charge < -0.3 is 10.3 Å². The lowest BCUT2D eigenvalue weighted by Gasteiger charge is -2.34. The Morgan fingerprint density at radius 2 is 2.00 bits per heavy atom. The van der Waals surface area contributed by atoms with E-state index in [2.05, 4.69) is 10.1 Å². The van der Waals surface area contributed by atoms with Gasteiger partial charge in [0, 0.05) is 5.92 Å². The van der Waals surface area contributed by atoms with Gasteiger partial charge in [0.05, 0.1) is 5.54 Å². The summed E-state index contributed by atoms with van der Waals surface area (Å²) in [7, 11) is 0. The lowest BCUT2D eigenvalue weighted by molar-refractivity contribution is 0.228. The molecule has 2 N–H and O–H groups in total. The van der Waals surface area contributed by atoms with Crippen LogP contribution in [0.2, 0.25) is 0 Å². The number of hydrogen-bond acceptors (Lipinski definition) is 5. The van der Waals surface area contributed by atoms with Crippen LogP contribution in [-0.2, 0) is 5.54 Å².